The summed E-state index contributed by atoms with van der Waals surface area (Å²) < 4.78 is 16.5. The number of hydrogen-bond acceptors (Lipinski definition) is 5. The van der Waals surface area contributed by atoms with Gasteiger partial charge in [-0.05, 0) is 28.8 Å². The van der Waals surface area contributed by atoms with Gasteiger partial charge in [-0.1, -0.05) is 66.7 Å². The van der Waals surface area contributed by atoms with Gasteiger partial charge in [-0.3, -0.25) is 9.69 Å². The zero-order valence-corrected chi connectivity index (χ0v) is 19.8. The summed E-state index contributed by atoms with van der Waals surface area (Å²) in [6.45, 7) is 3.43. The van der Waals surface area contributed by atoms with Crippen molar-refractivity contribution < 1.29 is 19.0 Å². The van der Waals surface area contributed by atoms with Crippen molar-refractivity contribution in [2.75, 3.05) is 47.1 Å². The number of carbonyl (C=O) groups is 1. The number of nitrogens with one attached hydrogen (secondary N) is 1. The van der Waals surface area contributed by atoms with Gasteiger partial charge in [0.1, 0.15) is 0 Å². The molecule has 4 rings (SSSR count). The SMILES string of the molecule is COc1ccc([C@@H](CNC(=O)C(c2ccccc2)c2ccccc2)N2CCOCC2)cc1OC. The molecule has 6 nitrogen and oxygen atoms in total. The Morgan fingerprint density at radius 3 is 2.00 bits per heavy atom. The number of hydrogen-bond donors (Lipinski definition) is 1. The molecule has 1 N–H and O–H groups in total. The molecule has 1 amide bonds. The molecule has 1 aliphatic rings. The van der Waals surface area contributed by atoms with Crippen LogP contribution in [0.1, 0.15) is 28.7 Å². The Bertz CT molecular complexity index is 1010. The van der Waals surface area contributed by atoms with E-state index in [-0.39, 0.29) is 17.9 Å². The summed E-state index contributed by atoms with van der Waals surface area (Å²) in [5.74, 6) is 0.967. The second-order valence-electron chi connectivity index (χ2n) is 8.28. The Morgan fingerprint density at radius 1 is 0.853 bits per heavy atom. The Labute approximate surface area is 201 Å². The van der Waals surface area contributed by atoms with Gasteiger partial charge in [-0.2, -0.15) is 0 Å². The number of rotatable bonds is 9. The van der Waals surface area contributed by atoms with E-state index in [2.05, 4.69) is 10.2 Å². The lowest BCUT2D eigenvalue weighted by atomic mass is 9.90. The van der Waals surface area contributed by atoms with Crippen LogP contribution in [-0.2, 0) is 9.53 Å². The van der Waals surface area contributed by atoms with Crippen LogP contribution in [0.15, 0.2) is 78.9 Å². The fourth-order valence-corrected chi connectivity index (χ4v) is 4.49. The van der Waals surface area contributed by atoms with Crippen molar-refractivity contribution in [3.8, 4) is 11.5 Å². The first kappa shape index (κ1) is 23.8. The van der Waals surface area contributed by atoms with Gasteiger partial charge in [0, 0.05) is 19.6 Å². The zero-order valence-electron chi connectivity index (χ0n) is 19.8. The molecule has 3 aromatic rings. The first-order valence-corrected chi connectivity index (χ1v) is 11.6. The maximum Gasteiger partial charge on any atom is 0.232 e. The third-order valence-corrected chi connectivity index (χ3v) is 6.28. The van der Waals surface area contributed by atoms with E-state index in [1.807, 2.05) is 78.9 Å². The van der Waals surface area contributed by atoms with Gasteiger partial charge in [0.2, 0.25) is 5.91 Å². The van der Waals surface area contributed by atoms with Crippen LogP contribution in [0, 0.1) is 0 Å². The highest BCUT2D eigenvalue weighted by Crippen LogP contribution is 2.32. The zero-order chi connectivity index (χ0) is 23.8. The van der Waals surface area contributed by atoms with Crippen molar-refractivity contribution in [3.63, 3.8) is 0 Å². The molecule has 1 atom stereocenters. The van der Waals surface area contributed by atoms with Crippen LogP contribution in [0.4, 0.5) is 0 Å². The molecule has 0 unspecified atom stereocenters. The Hall–Kier alpha value is -3.35. The van der Waals surface area contributed by atoms with Crippen LogP contribution in [0.25, 0.3) is 0 Å². The highest BCUT2D eigenvalue weighted by atomic mass is 16.5. The highest BCUT2D eigenvalue weighted by Gasteiger charge is 2.27. The van der Waals surface area contributed by atoms with Crippen molar-refractivity contribution in [2.45, 2.75) is 12.0 Å². The summed E-state index contributed by atoms with van der Waals surface area (Å²) in [5.41, 5.74) is 3.01. The molecule has 3 aromatic carbocycles. The van der Waals surface area contributed by atoms with Gasteiger partial charge in [0.05, 0.1) is 39.4 Å². The van der Waals surface area contributed by atoms with Crippen molar-refractivity contribution in [2.24, 2.45) is 0 Å². The maximum atomic E-state index is 13.6. The predicted molar refractivity (Wildman–Crippen MR) is 132 cm³/mol. The third kappa shape index (κ3) is 5.58. The molecular formula is C28H32N2O4. The lowest BCUT2D eigenvalue weighted by molar-refractivity contribution is -0.122. The third-order valence-electron chi connectivity index (χ3n) is 6.28. The lowest BCUT2D eigenvalue weighted by Crippen LogP contribution is -2.44. The van der Waals surface area contributed by atoms with Gasteiger partial charge in [0.25, 0.3) is 0 Å². The summed E-state index contributed by atoms with van der Waals surface area (Å²) in [6, 6.07) is 25.8. The van der Waals surface area contributed by atoms with Gasteiger partial charge < -0.3 is 19.5 Å². The predicted octanol–water partition coefficient (Wildman–Crippen LogP) is 4.03. The summed E-state index contributed by atoms with van der Waals surface area (Å²) in [7, 11) is 3.27. The van der Waals surface area contributed by atoms with Gasteiger partial charge >= 0.3 is 0 Å². The first-order chi connectivity index (χ1) is 16.7. The summed E-state index contributed by atoms with van der Waals surface area (Å²) in [4.78, 5) is 15.9. The second-order valence-corrected chi connectivity index (χ2v) is 8.28. The molecule has 0 aliphatic carbocycles. The number of nitrogens with zero attached hydrogens (tertiary/aromatic N) is 1. The van der Waals surface area contributed by atoms with E-state index in [1.165, 1.54) is 0 Å². The minimum absolute atomic E-state index is 0.0140. The average Bonchev–Trinajstić information content (AvgIpc) is 2.90. The fraction of sp³-hybridized carbons (Fsp3) is 0.321. The Kier molecular flexibility index (Phi) is 8.17. The van der Waals surface area contributed by atoms with E-state index in [0.717, 1.165) is 29.8 Å². The molecular weight excluding hydrogens is 428 g/mol. The smallest absolute Gasteiger partial charge is 0.232 e. The van der Waals surface area contributed by atoms with Crippen LogP contribution in [0.5, 0.6) is 11.5 Å². The van der Waals surface area contributed by atoms with Crippen LogP contribution >= 0.6 is 0 Å². The lowest BCUT2D eigenvalue weighted by Gasteiger charge is -2.35. The molecule has 0 saturated carbocycles. The van der Waals surface area contributed by atoms with Crippen LogP contribution in [-0.4, -0.2) is 57.9 Å². The second kappa shape index (κ2) is 11.7. The topological polar surface area (TPSA) is 60.0 Å². The average molecular weight is 461 g/mol. The number of carbonyl (C=O) groups excluding carboxylic acids is 1. The van der Waals surface area contributed by atoms with Gasteiger partial charge in [0.15, 0.2) is 11.5 Å². The van der Waals surface area contributed by atoms with Crippen LogP contribution < -0.4 is 14.8 Å². The summed E-state index contributed by atoms with van der Waals surface area (Å²) in [6.07, 6.45) is 0. The van der Waals surface area contributed by atoms with E-state index in [9.17, 15) is 4.79 Å². The van der Waals surface area contributed by atoms with Crippen LogP contribution in [0.3, 0.4) is 0 Å². The van der Waals surface area contributed by atoms with Crippen molar-refractivity contribution in [1.29, 1.82) is 0 Å². The number of methoxy groups -OCH3 is 2. The number of ether oxygens (including phenoxy) is 3. The molecule has 1 heterocycles. The van der Waals surface area contributed by atoms with Crippen LogP contribution in [0.2, 0.25) is 0 Å². The quantitative estimate of drug-likeness (QED) is 0.523. The molecule has 6 heteroatoms. The van der Waals surface area contributed by atoms with Gasteiger partial charge in [-0.25, -0.2) is 0 Å². The summed E-state index contributed by atoms with van der Waals surface area (Å²) >= 11 is 0. The number of benzene rings is 3. The van der Waals surface area contributed by atoms with E-state index in [0.29, 0.717) is 31.3 Å². The Balaban J connectivity index is 1.59. The molecule has 0 spiro atoms. The highest BCUT2D eigenvalue weighted by molar-refractivity contribution is 5.87. The fourth-order valence-electron chi connectivity index (χ4n) is 4.49. The first-order valence-electron chi connectivity index (χ1n) is 11.6. The number of amides is 1. The van der Waals surface area contributed by atoms with Gasteiger partial charge in [-0.15, -0.1) is 0 Å². The minimum Gasteiger partial charge on any atom is -0.493 e. The number of morpholine rings is 1. The van der Waals surface area contributed by atoms with Crippen molar-refractivity contribution >= 4 is 5.91 Å². The van der Waals surface area contributed by atoms with E-state index in [4.69, 9.17) is 14.2 Å². The van der Waals surface area contributed by atoms with E-state index < -0.39 is 0 Å². The molecule has 0 radical (unpaired) electrons. The summed E-state index contributed by atoms with van der Waals surface area (Å²) in [5, 5.41) is 3.25. The molecule has 1 fully saturated rings. The standard InChI is InChI=1S/C28H32N2O4/c1-32-25-14-13-23(19-26(25)33-2)24(30-15-17-34-18-16-30)20-29-28(31)27(21-9-5-3-6-10-21)22-11-7-4-8-12-22/h3-14,19,24,27H,15-18,20H2,1-2H3,(H,29,31)/t24-/m1/s1. The molecule has 0 bridgehead atoms. The van der Waals surface area contributed by atoms with E-state index >= 15 is 0 Å². The van der Waals surface area contributed by atoms with Crippen molar-refractivity contribution in [1.82, 2.24) is 10.2 Å². The molecule has 34 heavy (non-hydrogen) atoms. The van der Waals surface area contributed by atoms with Crippen molar-refractivity contribution in [3.05, 3.63) is 95.6 Å². The monoisotopic (exact) mass is 460 g/mol. The maximum absolute atomic E-state index is 13.6. The Morgan fingerprint density at radius 2 is 1.44 bits per heavy atom. The molecule has 178 valence electrons. The minimum atomic E-state index is -0.377. The molecule has 0 aromatic heterocycles. The largest absolute Gasteiger partial charge is 0.493 e. The normalized spacial score (nSPS) is 15.0. The molecule has 1 aliphatic heterocycles. The molecule has 1 saturated heterocycles. The van der Waals surface area contributed by atoms with E-state index in [1.54, 1.807) is 14.2 Å².